The Labute approximate surface area is 178 Å². The molecule has 30 heavy (non-hydrogen) atoms. The van der Waals surface area contributed by atoms with E-state index in [9.17, 15) is 13.2 Å². The van der Waals surface area contributed by atoms with Gasteiger partial charge in [0.1, 0.15) is 0 Å². The minimum Gasteiger partial charge on any atom is -0.322 e. The monoisotopic (exact) mass is 437 g/mol. The van der Waals surface area contributed by atoms with Crippen molar-refractivity contribution < 1.29 is 13.2 Å². The van der Waals surface area contributed by atoms with Crippen LogP contribution in [0.25, 0.3) is 10.2 Å². The number of carbonyl (C=O) groups excluding carboxylic acids is 1. The molecule has 0 saturated carbocycles. The van der Waals surface area contributed by atoms with Crippen LogP contribution in [-0.2, 0) is 10.0 Å². The summed E-state index contributed by atoms with van der Waals surface area (Å²) in [5, 5.41) is 3.18. The lowest BCUT2D eigenvalue weighted by molar-refractivity contribution is 0.102. The number of hydrogen-bond acceptors (Lipinski definition) is 5. The van der Waals surface area contributed by atoms with Crippen LogP contribution in [0.4, 0.5) is 10.8 Å². The van der Waals surface area contributed by atoms with Gasteiger partial charge in [0.2, 0.25) is 0 Å². The Balaban J connectivity index is 1.61. The molecular weight excluding hydrogens is 418 g/mol. The van der Waals surface area contributed by atoms with E-state index < -0.39 is 10.0 Å². The van der Waals surface area contributed by atoms with Gasteiger partial charge < -0.3 is 5.32 Å². The topological polar surface area (TPSA) is 88.2 Å². The van der Waals surface area contributed by atoms with E-state index in [-0.39, 0.29) is 15.9 Å². The van der Waals surface area contributed by atoms with Crippen molar-refractivity contribution >= 4 is 48.3 Å². The SMILES string of the molecule is Cc1cccc(C(=O)Nc2cc(C)c3nc(NS(=O)(=O)c4ccccc4)sc3c2)c1. The first-order valence-electron chi connectivity index (χ1n) is 9.19. The molecule has 0 atom stereocenters. The number of anilines is 2. The maximum atomic E-state index is 12.6. The molecule has 0 aliphatic rings. The molecule has 4 rings (SSSR count). The Morgan fingerprint density at radius 2 is 1.73 bits per heavy atom. The first-order valence-corrected chi connectivity index (χ1v) is 11.5. The average Bonchev–Trinajstić information content (AvgIpc) is 3.11. The minimum absolute atomic E-state index is 0.173. The molecule has 3 aromatic carbocycles. The summed E-state index contributed by atoms with van der Waals surface area (Å²) in [7, 11) is -3.71. The van der Waals surface area contributed by atoms with Crippen molar-refractivity contribution in [1.29, 1.82) is 0 Å². The van der Waals surface area contributed by atoms with Crippen LogP contribution in [0.1, 0.15) is 21.5 Å². The van der Waals surface area contributed by atoms with E-state index in [4.69, 9.17) is 0 Å². The molecule has 0 aliphatic carbocycles. The molecule has 4 aromatic rings. The second kappa shape index (κ2) is 7.89. The van der Waals surface area contributed by atoms with Gasteiger partial charge in [-0.1, -0.05) is 47.2 Å². The first kappa shape index (κ1) is 20.1. The molecule has 0 bridgehead atoms. The molecule has 0 unspecified atom stereocenters. The summed E-state index contributed by atoms with van der Waals surface area (Å²) in [6.45, 7) is 3.81. The number of benzene rings is 3. The van der Waals surface area contributed by atoms with Gasteiger partial charge in [0.15, 0.2) is 5.13 Å². The standard InChI is InChI=1S/C22H19N3O3S2/c1-14-7-6-8-16(11-14)21(26)23-17-12-15(2)20-19(13-17)29-22(24-20)25-30(27,28)18-9-4-3-5-10-18/h3-13H,1-2H3,(H,23,26)(H,24,25). The Kier molecular flexibility index (Phi) is 5.27. The van der Waals surface area contributed by atoms with Crippen LogP contribution in [0.5, 0.6) is 0 Å². The maximum Gasteiger partial charge on any atom is 0.263 e. The van der Waals surface area contributed by atoms with Gasteiger partial charge in [0, 0.05) is 11.3 Å². The van der Waals surface area contributed by atoms with Gasteiger partial charge in [-0.2, -0.15) is 0 Å². The molecule has 152 valence electrons. The number of rotatable bonds is 5. The van der Waals surface area contributed by atoms with Gasteiger partial charge in [-0.15, -0.1) is 0 Å². The van der Waals surface area contributed by atoms with Crippen molar-refractivity contribution in [1.82, 2.24) is 4.98 Å². The smallest absolute Gasteiger partial charge is 0.263 e. The van der Waals surface area contributed by atoms with Gasteiger partial charge in [0.25, 0.3) is 15.9 Å². The number of carbonyl (C=O) groups is 1. The van der Waals surface area contributed by atoms with E-state index in [2.05, 4.69) is 15.0 Å². The van der Waals surface area contributed by atoms with Crippen LogP contribution >= 0.6 is 11.3 Å². The summed E-state index contributed by atoms with van der Waals surface area (Å²) < 4.78 is 28.4. The van der Waals surface area contributed by atoms with Crippen molar-refractivity contribution in [3.63, 3.8) is 0 Å². The van der Waals surface area contributed by atoms with Crippen LogP contribution in [0.15, 0.2) is 71.6 Å². The fourth-order valence-electron chi connectivity index (χ4n) is 3.08. The number of fused-ring (bicyclic) bond motifs is 1. The van der Waals surface area contributed by atoms with Crippen molar-refractivity contribution in [2.24, 2.45) is 0 Å². The van der Waals surface area contributed by atoms with Crippen molar-refractivity contribution in [2.75, 3.05) is 10.0 Å². The van der Waals surface area contributed by atoms with E-state index in [1.165, 1.54) is 23.5 Å². The van der Waals surface area contributed by atoms with E-state index in [0.29, 0.717) is 16.8 Å². The molecule has 1 aromatic heterocycles. The fraction of sp³-hybridized carbons (Fsp3) is 0.0909. The Hall–Kier alpha value is -3.23. The Morgan fingerprint density at radius 3 is 2.47 bits per heavy atom. The van der Waals surface area contributed by atoms with E-state index in [1.54, 1.807) is 30.3 Å². The zero-order valence-electron chi connectivity index (χ0n) is 16.3. The highest BCUT2D eigenvalue weighted by atomic mass is 32.2. The third-order valence-corrected chi connectivity index (χ3v) is 6.90. The third kappa shape index (κ3) is 4.19. The highest BCUT2D eigenvalue weighted by Gasteiger charge is 2.17. The van der Waals surface area contributed by atoms with Crippen LogP contribution in [-0.4, -0.2) is 19.3 Å². The number of nitrogens with zero attached hydrogens (tertiary/aromatic N) is 1. The van der Waals surface area contributed by atoms with Crippen molar-refractivity contribution in [3.05, 3.63) is 83.4 Å². The largest absolute Gasteiger partial charge is 0.322 e. The minimum atomic E-state index is -3.71. The molecule has 0 spiro atoms. The molecule has 0 fully saturated rings. The van der Waals surface area contributed by atoms with Gasteiger partial charge in [0.05, 0.1) is 15.1 Å². The van der Waals surface area contributed by atoms with E-state index >= 15 is 0 Å². The summed E-state index contributed by atoms with van der Waals surface area (Å²) in [6.07, 6.45) is 0. The number of sulfonamides is 1. The summed E-state index contributed by atoms with van der Waals surface area (Å²) in [4.78, 5) is 17.2. The molecule has 1 amide bonds. The van der Waals surface area contributed by atoms with Crippen LogP contribution in [0.3, 0.4) is 0 Å². The molecule has 0 aliphatic heterocycles. The van der Waals surface area contributed by atoms with Crippen LogP contribution in [0.2, 0.25) is 0 Å². The second-order valence-electron chi connectivity index (χ2n) is 6.90. The van der Waals surface area contributed by atoms with Crippen LogP contribution in [0, 0.1) is 13.8 Å². The summed E-state index contributed by atoms with van der Waals surface area (Å²) in [6, 6.07) is 19.1. The van der Waals surface area contributed by atoms with Crippen LogP contribution < -0.4 is 10.0 Å². The molecule has 0 saturated heterocycles. The highest BCUT2D eigenvalue weighted by molar-refractivity contribution is 7.93. The molecule has 8 heteroatoms. The Bertz CT molecular complexity index is 1350. The lowest BCUT2D eigenvalue weighted by atomic mass is 10.1. The lowest BCUT2D eigenvalue weighted by Gasteiger charge is -2.07. The average molecular weight is 438 g/mol. The normalized spacial score (nSPS) is 11.4. The lowest BCUT2D eigenvalue weighted by Crippen LogP contribution is -2.12. The van der Waals surface area contributed by atoms with Crippen molar-refractivity contribution in [3.8, 4) is 0 Å². The number of hydrogen-bond donors (Lipinski definition) is 2. The highest BCUT2D eigenvalue weighted by Crippen LogP contribution is 2.32. The van der Waals surface area contributed by atoms with Gasteiger partial charge >= 0.3 is 0 Å². The molecule has 1 heterocycles. The molecular formula is C22H19N3O3S2. The maximum absolute atomic E-state index is 12.6. The van der Waals surface area contributed by atoms with Gasteiger partial charge in [-0.3, -0.25) is 9.52 Å². The van der Waals surface area contributed by atoms with E-state index in [1.807, 2.05) is 38.1 Å². The zero-order valence-corrected chi connectivity index (χ0v) is 18.0. The predicted molar refractivity (Wildman–Crippen MR) is 121 cm³/mol. The van der Waals surface area contributed by atoms with Gasteiger partial charge in [-0.25, -0.2) is 13.4 Å². The summed E-state index contributed by atoms with van der Waals surface area (Å²) >= 11 is 1.22. The first-order chi connectivity index (χ1) is 14.3. The second-order valence-corrected chi connectivity index (χ2v) is 9.61. The Morgan fingerprint density at radius 1 is 0.967 bits per heavy atom. The third-order valence-electron chi connectivity index (χ3n) is 4.50. The molecule has 6 nitrogen and oxygen atoms in total. The molecule has 0 radical (unpaired) electrons. The quantitative estimate of drug-likeness (QED) is 0.462. The summed E-state index contributed by atoms with van der Waals surface area (Å²) in [5.74, 6) is -0.202. The number of thiazole rings is 1. The van der Waals surface area contributed by atoms with Crippen molar-refractivity contribution in [2.45, 2.75) is 18.7 Å². The van der Waals surface area contributed by atoms with E-state index in [0.717, 1.165) is 15.8 Å². The number of aryl methyl sites for hydroxylation is 2. The van der Waals surface area contributed by atoms with Gasteiger partial charge in [-0.05, 0) is 55.8 Å². The number of amides is 1. The predicted octanol–water partition coefficient (Wildman–Crippen LogP) is 4.97. The number of nitrogens with one attached hydrogen (secondary N) is 2. The fourth-order valence-corrected chi connectivity index (χ4v) is 5.31. The summed E-state index contributed by atoms with van der Waals surface area (Å²) in [5.41, 5.74) is 3.75. The number of aromatic nitrogens is 1. The zero-order chi connectivity index (χ0) is 21.3. The molecule has 2 N–H and O–H groups in total.